The van der Waals surface area contributed by atoms with E-state index in [2.05, 4.69) is 10.2 Å². The third-order valence-corrected chi connectivity index (χ3v) is 6.38. The van der Waals surface area contributed by atoms with Crippen molar-refractivity contribution in [3.63, 3.8) is 0 Å². The van der Waals surface area contributed by atoms with Crippen LogP contribution in [0.3, 0.4) is 0 Å². The Kier molecular flexibility index (Phi) is 14.4. The summed E-state index contributed by atoms with van der Waals surface area (Å²) in [6.45, 7) is 12.3. The molecule has 0 atom stereocenters. The molecule has 1 heterocycles. The van der Waals surface area contributed by atoms with Crippen molar-refractivity contribution in [1.29, 1.82) is 0 Å². The normalized spacial score (nSPS) is 16.3. The first-order valence-electron chi connectivity index (χ1n) is 10.7. The molecule has 30 heavy (non-hydrogen) atoms. The largest absolute Gasteiger partial charge is 0.378 e. The molecule has 10 nitrogen and oxygen atoms in total. The number of carbonyl (C=O) groups is 1. The average molecular weight is 454 g/mol. The van der Waals surface area contributed by atoms with Crippen molar-refractivity contribution in [3.05, 3.63) is 0 Å². The van der Waals surface area contributed by atoms with Gasteiger partial charge in [-0.15, -0.1) is 0 Å². The van der Waals surface area contributed by atoms with Gasteiger partial charge >= 0.3 is 0 Å². The van der Waals surface area contributed by atoms with Gasteiger partial charge in [-0.25, -0.2) is 8.42 Å². The van der Waals surface area contributed by atoms with E-state index in [0.29, 0.717) is 59.3 Å². The molecule has 1 N–H and O–H groups in total. The summed E-state index contributed by atoms with van der Waals surface area (Å²) in [6.07, 6.45) is 0.0375. The number of hydrogen-bond donors (Lipinski definition) is 1. The maximum absolute atomic E-state index is 11.8. The van der Waals surface area contributed by atoms with Crippen LogP contribution >= 0.6 is 0 Å². The van der Waals surface area contributed by atoms with Gasteiger partial charge in [0.15, 0.2) is 0 Å². The minimum absolute atomic E-state index is 0.0375. The molecule has 0 aromatic rings. The molecule has 1 saturated heterocycles. The molecule has 1 aliphatic rings. The van der Waals surface area contributed by atoms with Crippen molar-refractivity contribution in [2.75, 3.05) is 91.3 Å². The van der Waals surface area contributed by atoms with Gasteiger partial charge < -0.3 is 24.3 Å². The molecular formula is C19H39N3O7S. The lowest BCUT2D eigenvalue weighted by atomic mass is 10.3. The van der Waals surface area contributed by atoms with Gasteiger partial charge in [-0.05, 0) is 20.8 Å². The van der Waals surface area contributed by atoms with Crippen LogP contribution in [0.1, 0.15) is 20.8 Å². The van der Waals surface area contributed by atoms with Gasteiger partial charge in [0.1, 0.15) is 6.61 Å². The lowest BCUT2D eigenvalue weighted by Gasteiger charge is -2.33. The number of sulfonamides is 1. The maximum atomic E-state index is 11.8. The van der Waals surface area contributed by atoms with Crippen molar-refractivity contribution in [2.24, 2.45) is 0 Å². The van der Waals surface area contributed by atoms with Crippen molar-refractivity contribution >= 4 is 15.9 Å². The van der Waals surface area contributed by atoms with Crippen LogP contribution in [0.15, 0.2) is 0 Å². The Morgan fingerprint density at radius 3 is 2.07 bits per heavy atom. The standard InChI is InChI=1S/C19H39N3O7S/c1-4-30(24,25)22-8-6-21(7-9-22)10-12-27-14-16-28-15-13-26-11-5-20-19(23)17-29-18(2)3/h18H,4-17H2,1-3H3,(H,20,23). The monoisotopic (exact) mass is 453 g/mol. The van der Waals surface area contributed by atoms with Crippen LogP contribution in [0.4, 0.5) is 0 Å². The third kappa shape index (κ3) is 12.8. The quantitative estimate of drug-likeness (QED) is 0.295. The van der Waals surface area contributed by atoms with Crippen LogP contribution in [0, 0.1) is 0 Å². The van der Waals surface area contributed by atoms with E-state index in [1.165, 1.54) is 0 Å². The summed E-state index contributed by atoms with van der Waals surface area (Å²) in [5.74, 6) is 0.0135. The van der Waals surface area contributed by atoms with E-state index in [4.69, 9.17) is 18.9 Å². The second kappa shape index (κ2) is 15.9. The van der Waals surface area contributed by atoms with Gasteiger partial charge in [-0.3, -0.25) is 9.69 Å². The minimum atomic E-state index is -3.07. The first-order valence-corrected chi connectivity index (χ1v) is 12.3. The molecule has 0 spiro atoms. The molecule has 0 unspecified atom stereocenters. The second-order valence-electron chi connectivity index (χ2n) is 7.19. The minimum Gasteiger partial charge on any atom is -0.378 e. The Hall–Kier alpha value is -0.820. The summed E-state index contributed by atoms with van der Waals surface area (Å²) < 4.78 is 46.8. The first kappa shape index (κ1) is 27.2. The van der Waals surface area contributed by atoms with E-state index in [0.717, 1.165) is 19.6 Å². The summed E-state index contributed by atoms with van der Waals surface area (Å²) in [5.41, 5.74) is 0. The number of piperazine rings is 1. The molecule has 0 bridgehead atoms. The Morgan fingerprint density at radius 1 is 0.933 bits per heavy atom. The van der Waals surface area contributed by atoms with Crippen LogP contribution in [0.2, 0.25) is 0 Å². The maximum Gasteiger partial charge on any atom is 0.246 e. The molecule has 0 radical (unpaired) electrons. The van der Waals surface area contributed by atoms with Crippen LogP contribution in [0.5, 0.6) is 0 Å². The van der Waals surface area contributed by atoms with E-state index in [-0.39, 0.29) is 24.4 Å². The zero-order chi connectivity index (χ0) is 22.2. The van der Waals surface area contributed by atoms with E-state index in [1.807, 2.05) is 13.8 Å². The molecule has 11 heteroatoms. The van der Waals surface area contributed by atoms with Gasteiger partial charge in [-0.2, -0.15) is 4.31 Å². The first-order chi connectivity index (χ1) is 14.3. The van der Waals surface area contributed by atoms with Crippen LogP contribution in [-0.2, 0) is 33.8 Å². The van der Waals surface area contributed by atoms with E-state index < -0.39 is 10.0 Å². The number of ether oxygens (including phenoxy) is 4. The Bertz CT molecular complexity index is 552. The van der Waals surface area contributed by atoms with E-state index >= 15 is 0 Å². The molecule has 1 amide bonds. The molecule has 0 aliphatic carbocycles. The number of amides is 1. The average Bonchev–Trinajstić information content (AvgIpc) is 2.73. The lowest BCUT2D eigenvalue weighted by Crippen LogP contribution is -2.49. The molecule has 1 rings (SSSR count). The van der Waals surface area contributed by atoms with Gasteiger partial charge in [-0.1, -0.05) is 0 Å². The zero-order valence-electron chi connectivity index (χ0n) is 18.6. The predicted molar refractivity (Wildman–Crippen MR) is 114 cm³/mol. The second-order valence-corrected chi connectivity index (χ2v) is 9.45. The number of hydrogen-bond acceptors (Lipinski definition) is 8. The van der Waals surface area contributed by atoms with Crippen LogP contribution in [0.25, 0.3) is 0 Å². The number of nitrogens with zero attached hydrogens (tertiary/aromatic N) is 2. The SMILES string of the molecule is CCS(=O)(=O)N1CCN(CCOCCOCCOCCNC(=O)COC(C)C)CC1. The highest BCUT2D eigenvalue weighted by Gasteiger charge is 2.24. The lowest BCUT2D eigenvalue weighted by molar-refractivity contribution is -0.127. The predicted octanol–water partition coefficient (Wildman–Crippen LogP) is -0.455. The highest BCUT2D eigenvalue weighted by molar-refractivity contribution is 7.89. The number of nitrogens with one attached hydrogen (secondary N) is 1. The highest BCUT2D eigenvalue weighted by Crippen LogP contribution is 2.07. The van der Waals surface area contributed by atoms with Crippen LogP contribution in [-0.4, -0.2) is 121 Å². The fourth-order valence-electron chi connectivity index (χ4n) is 2.71. The van der Waals surface area contributed by atoms with Crippen molar-refractivity contribution in [2.45, 2.75) is 26.9 Å². The van der Waals surface area contributed by atoms with Gasteiger partial charge in [0.25, 0.3) is 0 Å². The fourth-order valence-corrected chi connectivity index (χ4v) is 3.79. The van der Waals surface area contributed by atoms with Crippen molar-refractivity contribution in [3.8, 4) is 0 Å². The molecule has 0 aromatic carbocycles. The third-order valence-electron chi connectivity index (χ3n) is 4.50. The fraction of sp³-hybridized carbons (Fsp3) is 0.947. The molecule has 0 aromatic heterocycles. The van der Waals surface area contributed by atoms with E-state index in [9.17, 15) is 13.2 Å². The van der Waals surface area contributed by atoms with Crippen LogP contribution < -0.4 is 5.32 Å². The topological polar surface area (TPSA) is 107 Å². The summed E-state index contributed by atoms with van der Waals surface area (Å²) in [5, 5.41) is 2.72. The summed E-state index contributed by atoms with van der Waals surface area (Å²) in [7, 11) is -3.07. The van der Waals surface area contributed by atoms with Gasteiger partial charge in [0, 0.05) is 39.3 Å². The highest BCUT2D eigenvalue weighted by atomic mass is 32.2. The smallest absolute Gasteiger partial charge is 0.246 e. The van der Waals surface area contributed by atoms with Crippen molar-refractivity contribution in [1.82, 2.24) is 14.5 Å². The Morgan fingerprint density at radius 2 is 1.50 bits per heavy atom. The summed E-state index contributed by atoms with van der Waals surface area (Å²) in [6, 6.07) is 0. The molecule has 1 aliphatic heterocycles. The number of rotatable bonds is 17. The molecule has 178 valence electrons. The Labute approximate surface area is 181 Å². The summed E-state index contributed by atoms with van der Waals surface area (Å²) >= 11 is 0. The molecule has 1 fully saturated rings. The summed E-state index contributed by atoms with van der Waals surface area (Å²) in [4.78, 5) is 13.6. The van der Waals surface area contributed by atoms with E-state index in [1.54, 1.807) is 11.2 Å². The van der Waals surface area contributed by atoms with Gasteiger partial charge in [0.2, 0.25) is 15.9 Å². The molecule has 0 saturated carbocycles. The molecular weight excluding hydrogens is 414 g/mol. The van der Waals surface area contributed by atoms with Crippen molar-refractivity contribution < 1.29 is 32.2 Å². The Balaban J connectivity index is 1.85. The van der Waals surface area contributed by atoms with Gasteiger partial charge in [0.05, 0.1) is 51.5 Å². The zero-order valence-corrected chi connectivity index (χ0v) is 19.5. The number of carbonyl (C=O) groups excluding carboxylic acids is 1.